The molecule has 0 spiro atoms. The first-order valence-corrected chi connectivity index (χ1v) is 8.38. The minimum Gasteiger partial charge on any atom is -0.383 e. The first-order chi connectivity index (χ1) is 9.84. The number of aryl methyl sites for hydroxylation is 1. The average Bonchev–Trinajstić information content (AvgIpc) is 2.87. The number of anilines is 1. The predicted octanol–water partition coefficient (Wildman–Crippen LogP) is 4.07. The van der Waals surface area contributed by atoms with Gasteiger partial charge in [0, 0.05) is 24.3 Å². The van der Waals surface area contributed by atoms with E-state index in [2.05, 4.69) is 41.5 Å². The zero-order valence-corrected chi connectivity index (χ0v) is 12.8. The number of hydrogen-bond donors (Lipinski definition) is 1. The van der Waals surface area contributed by atoms with Gasteiger partial charge in [-0.1, -0.05) is 43.9 Å². The molecule has 1 saturated carbocycles. The van der Waals surface area contributed by atoms with Crippen LogP contribution in [0.15, 0.2) is 24.3 Å². The fraction of sp³-hybridized carbons (Fsp3) is 0.667. The molecule has 1 aliphatic heterocycles. The summed E-state index contributed by atoms with van der Waals surface area (Å²) in [5, 5.41) is 3.67. The number of fused-ring (bicyclic) bond motifs is 1. The molecule has 2 heteroatoms. The lowest BCUT2D eigenvalue weighted by atomic mass is 10.0. The van der Waals surface area contributed by atoms with Crippen molar-refractivity contribution in [3.8, 4) is 0 Å². The molecule has 0 aromatic heterocycles. The van der Waals surface area contributed by atoms with Gasteiger partial charge in [0.15, 0.2) is 0 Å². The van der Waals surface area contributed by atoms with Crippen LogP contribution in [0.2, 0.25) is 0 Å². The molecule has 1 aromatic carbocycles. The Kier molecular flexibility index (Phi) is 4.62. The van der Waals surface area contributed by atoms with E-state index in [1.54, 1.807) is 0 Å². The molecule has 110 valence electrons. The van der Waals surface area contributed by atoms with Crippen molar-refractivity contribution in [1.82, 2.24) is 4.90 Å². The Morgan fingerprint density at radius 1 is 0.950 bits per heavy atom. The summed E-state index contributed by atoms with van der Waals surface area (Å²) in [6.07, 6.45) is 11.0. The molecule has 0 saturated heterocycles. The van der Waals surface area contributed by atoms with Crippen molar-refractivity contribution in [2.24, 2.45) is 0 Å². The van der Waals surface area contributed by atoms with Crippen molar-refractivity contribution in [3.05, 3.63) is 29.8 Å². The van der Waals surface area contributed by atoms with Crippen LogP contribution < -0.4 is 5.32 Å². The summed E-state index contributed by atoms with van der Waals surface area (Å²) in [5.41, 5.74) is 2.84. The third-order valence-corrected chi connectivity index (χ3v) is 5.27. The van der Waals surface area contributed by atoms with E-state index in [9.17, 15) is 0 Å². The van der Waals surface area contributed by atoms with Crippen molar-refractivity contribution in [2.45, 2.75) is 63.5 Å². The van der Waals surface area contributed by atoms with Crippen LogP contribution in [-0.2, 0) is 6.42 Å². The highest BCUT2D eigenvalue weighted by molar-refractivity contribution is 5.52. The summed E-state index contributed by atoms with van der Waals surface area (Å²) in [6, 6.07) is 10.3. The quantitative estimate of drug-likeness (QED) is 0.817. The van der Waals surface area contributed by atoms with Gasteiger partial charge < -0.3 is 5.32 Å². The van der Waals surface area contributed by atoms with Crippen LogP contribution in [0.4, 0.5) is 5.69 Å². The molecule has 2 nitrogen and oxygen atoms in total. The van der Waals surface area contributed by atoms with Gasteiger partial charge in [0.2, 0.25) is 0 Å². The summed E-state index contributed by atoms with van der Waals surface area (Å²) < 4.78 is 0. The van der Waals surface area contributed by atoms with Crippen molar-refractivity contribution in [3.63, 3.8) is 0 Å². The van der Waals surface area contributed by atoms with Gasteiger partial charge in [-0.3, -0.25) is 4.90 Å². The van der Waals surface area contributed by atoms with E-state index in [1.807, 2.05) is 0 Å². The molecule has 1 N–H and O–H groups in total. The lowest BCUT2D eigenvalue weighted by Crippen LogP contribution is -2.43. The number of likely N-dealkylation sites (N-methyl/N-ethyl adjacent to an activating group) is 1. The molecule has 0 bridgehead atoms. The highest BCUT2D eigenvalue weighted by atomic mass is 15.2. The first-order valence-electron chi connectivity index (χ1n) is 8.38. The fourth-order valence-electron chi connectivity index (χ4n) is 3.87. The van der Waals surface area contributed by atoms with Crippen LogP contribution in [0.3, 0.4) is 0 Å². The lowest BCUT2D eigenvalue weighted by Gasteiger charge is -2.34. The van der Waals surface area contributed by atoms with E-state index in [4.69, 9.17) is 0 Å². The second kappa shape index (κ2) is 6.62. The maximum absolute atomic E-state index is 3.67. The number of benzene rings is 1. The van der Waals surface area contributed by atoms with Crippen molar-refractivity contribution in [1.29, 1.82) is 0 Å². The van der Waals surface area contributed by atoms with Crippen LogP contribution in [0.5, 0.6) is 0 Å². The van der Waals surface area contributed by atoms with E-state index in [0.717, 1.165) is 12.6 Å². The summed E-state index contributed by atoms with van der Waals surface area (Å²) in [6.45, 7) is 1.10. The highest BCUT2D eigenvalue weighted by Gasteiger charge is 2.25. The molecule has 1 unspecified atom stereocenters. The third kappa shape index (κ3) is 3.17. The maximum atomic E-state index is 3.67. The van der Waals surface area contributed by atoms with E-state index < -0.39 is 0 Å². The molecule has 1 aromatic rings. The van der Waals surface area contributed by atoms with Gasteiger partial charge in [-0.05, 0) is 44.4 Å². The molecule has 3 rings (SSSR count). The molecular weight excluding hydrogens is 244 g/mol. The minimum atomic E-state index is 0.686. The third-order valence-electron chi connectivity index (χ3n) is 5.27. The molecule has 1 aliphatic carbocycles. The summed E-state index contributed by atoms with van der Waals surface area (Å²) in [5.74, 6) is 0. The van der Waals surface area contributed by atoms with Crippen LogP contribution in [0.1, 0.15) is 50.5 Å². The Labute approximate surface area is 123 Å². The molecule has 1 fully saturated rings. The predicted molar refractivity (Wildman–Crippen MR) is 86.3 cm³/mol. The van der Waals surface area contributed by atoms with Gasteiger partial charge in [0.1, 0.15) is 0 Å². The van der Waals surface area contributed by atoms with Gasteiger partial charge in [0.25, 0.3) is 0 Å². The number of nitrogens with zero attached hydrogens (tertiary/aromatic N) is 1. The Balaban J connectivity index is 1.63. The van der Waals surface area contributed by atoms with Crippen molar-refractivity contribution in [2.75, 3.05) is 18.9 Å². The number of hydrogen-bond acceptors (Lipinski definition) is 2. The number of nitrogens with one attached hydrogen (secondary N) is 1. The monoisotopic (exact) mass is 272 g/mol. The van der Waals surface area contributed by atoms with E-state index in [1.165, 1.54) is 62.6 Å². The first kappa shape index (κ1) is 13.9. The minimum absolute atomic E-state index is 0.686. The second-order valence-corrected chi connectivity index (χ2v) is 6.54. The Bertz CT molecular complexity index is 394. The smallest absolute Gasteiger partial charge is 0.0373 e. The van der Waals surface area contributed by atoms with E-state index in [-0.39, 0.29) is 0 Å². The topological polar surface area (TPSA) is 15.3 Å². The Morgan fingerprint density at radius 3 is 2.50 bits per heavy atom. The van der Waals surface area contributed by atoms with Crippen molar-refractivity contribution >= 4 is 5.69 Å². The van der Waals surface area contributed by atoms with Crippen LogP contribution in [0.25, 0.3) is 0 Å². The van der Waals surface area contributed by atoms with Crippen LogP contribution in [-0.4, -0.2) is 30.6 Å². The largest absolute Gasteiger partial charge is 0.383 e. The molecule has 0 amide bonds. The highest BCUT2D eigenvalue weighted by Crippen LogP contribution is 2.27. The van der Waals surface area contributed by atoms with E-state index in [0.29, 0.717) is 6.04 Å². The van der Waals surface area contributed by atoms with Gasteiger partial charge >= 0.3 is 0 Å². The van der Waals surface area contributed by atoms with Crippen molar-refractivity contribution < 1.29 is 0 Å². The Hall–Kier alpha value is -1.02. The van der Waals surface area contributed by atoms with Crippen LogP contribution >= 0.6 is 0 Å². The summed E-state index contributed by atoms with van der Waals surface area (Å²) >= 11 is 0. The van der Waals surface area contributed by atoms with Gasteiger partial charge in [0.05, 0.1) is 0 Å². The normalized spacial score (nSPS) is 24.6. The second-order valence-electron chi connectivity index (χ2n) is 6.54. The summed E-state index contributed by atoms with van der Waals surface area (Å²) in [7, 11) is 2.36. The number of para-hydroxylation sites is 1. The molecule has 1 heterocycles. The van der Waals surface area contributed by atoms with Crippen LogP contribution in [0, 0.1) is 0 Å². The summed E-state index contributed by atoms with van der Waals surface area (Å²) in [4.78, 5) is 2.68. The number of rotatable bonds is 2. The fourth-order valence-corrected chi connectivity index (χ4v) is 3.87. The SMILES string of the molecule is CN(C1CCCCCC1)C1CCc2ccccc2NC1. The zero-order chi connectivity index (χ0) is 13.8. The molecule has 0 radical (unpaired) electrons. The van der Waals surface area contributed by atoms with E-state index >= 15 is 0 Å². The zero-order valence-electron chi connectivity index (χ0n) is 12.8. The Morgan fingerprint density at radius 2 is 1.70 bits per heavy atom. The molecule has 2 aliphatic rings. The molecular formula is C18H28N2. The van der Waals surface area contributed by atoms with Gasteiger partial charge in [-0.25, -0.2) is 0 Å². The standard InChI is InChI=1S/C18H28N2/c1-20(16-9-4-2-3-5-10-16)17-13-12-15-8-6-7-11-18(15)19-14-17/h6-8,11,16-17,19H,2-5,9-10,12-14H2,1H3. The maximum Gasteiger partial charge on any atom is 0.0373 e. The molecule has 1 atom stereocenters. The lowest BCUT2D eigenvalue weighted by molar-refractivity contribution is 0.157. The van der Waals surface area contributed by atoms with Gasteiger partial charge in [-0.2, -0.15) is 0 Å². The molecule has 20 heavy (non-hydrogen) atoms. The average molecular weight is 272 g/mol. The van der Waals surface area contributed by atoms with Gasteiger partial charge in [-0.15, -0.1) is 0 Å².